The molecule has 0 amide bonds. The number of rotatable bonds is 4. The molecule has 1 aromatic carbocycles. The molecular formula is C17H16FN3O. The van der Waals surface area contributed by atoms with Crippen LogP contribution in [-0.2, 0) is 12.8 Å². The number of pyridine rings is 1. The van der Waals surface area contributed by atoms with Crippen molar-refractivity contribution in [1.29, 1.82) is 0 Å². The molecule has 4 nitrogen and oxygen atoms in total. The summed E-state index contributed by atoms with van der Waals surface area (Å²) in [5.74, 6) is 0.493. The number of hydrogen-bond acceptors (Lipinski definition) is 2. The zero-order valence-electron chi connectivity index (χ0n) is 12.2. The summed E-state index contributed by atoms with van der Waals surface area (Å²) in [5.41, 5.74) is 2.55. The molecular weight excluding hydrogens is 281 g/mol. The van der Waals surface area contributed by atoms with Crippen LogP contribution in [0.15, 0.2) is 53.6 Å². The van der Waals surface area contributed by atoms with Gasteiger partial charge in [-0.25, -0.2) is 14.1 Å². The fraction of sp³-hybridized carbons (Fsp3) is 0.176. The van der Waals surface area contributed by atoms with Crippen LogP contribution in [0.25, 0.3) is 5.82 Å². The largest absolute Gasteiger partial charge is 0.268 e. The summed E-state index contributed by atoms with van der Waals surface area (Å²) in [6.07, 6.45) is 4.88. The van der Waals surface area contributed by atoms with Gasteiger partial charge in [0.15, 0.2) is 5.82 Å². The molecule has 3 rings (SSSR count). The van der Waals surface area contributed by atoms with E-state index in [0.717, 1.165) is 24.0 Å². The van der Waals surface area contributed by atoms with E-state index in [1.165, 1.54) is 6.07 Å². The van der Waals surface area contributed by atoms with Crippen molar-refractivity contribution in [3.8, 4) is 5.82 Å². The van der Waals surface area contributed by atoms with Crippen LogP contribution in [0.5, 0.6) is 0 Å². The van der Waals surface area contributed by atoms with Crippen molar-refractivity contribution in [2.75, 3.05) is 0 Å². The van der Waals surface area contributed by atoms with E-state index in [1.54, 1.807) is 36.1 Å². The number of aromatic amines is 1. The van der Waals surface area contributed by atoms with E-state index >= 15 is 0 Å². The minimum absolute atomic E-state index is 0.165. The van der Waals surface area contributed by atoms with Crippen LogP contribution in [0, 0.1) is 12.7 Å². The van der Waals surface area contributed by atoms with Crippen molar-refractivity contribution < 1.29 is 4.39 Å². The maximum absolute atomic E-state index is 13.5. The number of aromatic nitrogens is 3. The minimum Gasteiger partial charge on any atom is -0.268 e. The zero-order chi connectivity index (χ0) is 15.5. The van der Waals surface area contributed by atoms with Crippen molar-refractivity contribution in [2.24, 2.45) is 0 Å². The minimum atomic E-state index is -0.169. The van der Waals surface area contributed by atoms with Crippen molar-refractivity contribution >= 4 is 0 Å². The van der Waals surface area contributed by atoms with E-state index in [4.69, 9.17) is 0 Å². The van der Waals surface area contributed by atoms with Crippen LogP contribution in [0.4, 0.5) is 4.39 Å². The number of nitrogens with zero attached hydrogens (tertiary/aromatic N) is 2. The SMILES string of the molecule is Cc1ccc(CCc2ccnc(-n3ccc(=O)[nH]3)c2)cc1F. The lowest BCUT2D eigenvalue weighted by molar-refractivity contribution is 0.616. The number of nitrogens with one attached hydrogen (secondary N) is 1. The van der Waals surface area contributed by atoms with Gasteiger partial charge in [0.2, 0.25) is 0 Å². The summed E-state index contributed by atoms with van der Waals surface area (Å²) >= 11 is 0. The molecule has 0 aliphatic rings. The first-order valence-corrected chi connectivity index (χ1v) is 7.10. The predicted octanol–water partition coefficient (Wildman–Crippen LogP) is 2.79. The number of hydrogen-bond donors (Lipinski definition) is 1. The summed E-state index contributed by atoms with van der Waals surface area (Å²) < 4.78 is 15.1. The number of benzene rings is 1. The quantitative estimate of drug-likeness (QED) is 0.805. The average molecular weight is 297 g/mol. The lowest BCUT2D eigenvalue weighted by Crippen LogP contribution is -2.05. The number of aryl methyl sites for hydroxylation is 3. The highest BCUT2D eigenvalue weighted by molar-refractivity contribution is 5.29. The Morgan fingerprint density at radius 1 is 1.14 bits per heavy atom. The molecule has 0 fully saturated rings. The fourth-order valence-electron chi connectivity index (χ4n) is 2.30. The van der Waals surface area contributed by atoms with Crippen LogP contribution in [0.2, 0.25) is 0 Å². The molecule has 3 aromatic rings. The van der Waals surface area contributed by atoms with E-state index in [-0.39, 0.29) is 11.4 Å². The third-order valence-corrected chi connectivity index (χ3v) is 3.60. The molecule has 0 aliphatic heterocycles. The van der Waals surface area contributed by atoms with Crippen LogP contribution in [-0.4, -0.2) is 14.8 Å². The molecule has 2 heterocycles. The normalized spacial score (nSPS) is 10.8. The Balaban J connectivity index is 1.75. The number of H-pyrrole nitrogens is 1. The maximum Gasteiger partial charge on any atom is 0.264 e. The smallest absolute Gasteiger partial charge is 0.264 e. The molecule has 0 atom stereocenters. The Kier molecular flexibility index (Phi) is 3.87. The molecule has 1 N–H and O–H groups in total. The standard InChI is InChI=1S/C17H16FN3O/c1-12-2-3-13(10-15(12)18)4-5-14-6-8-19-16(11-14)21-9-7-17(22)20-21/h2-3,6-11H,4-5H2,1H3,(H,20,22). The van der Waals surface area contributed by atoms with Crippen molar-refractivity contribution in [1.82, 2.24) is 14.8 Å². The Hall–Kier alpha value is -2.69. The Morgan fingerprint density at radius 2 is 1.91 bits per heavy atom. The van der Waals surface area contributed by atoms with Gasteiger partial charge in [0.1, 0.15) is 5.82 Å². The van der Waals surface area contributed by atoms with Gasteiger partial charge in [0.25, 0.3) is 5.56 Å². The summed E-state index contributed by atoms with van der Waals surface area (Å²) in [5, 5.41) is 2.66. The van der Waals surface area contributed by atoms with Gasteiger partial charge in [-0.1, -0.05) is 12.1 Å². The Bertz CT molecular complexity index is 851. The first-order chi connectivity index (χ1) is 10.6. The molecule has 0 unspecified atom stereocenters. The van der Waals surface area contributed by atoms with Crippen molar-refractivity contribution in [3.05, 3.63) is 81.7 Å². The molecule has 112 valence electrons. The summed E-state index contributed by atoms with van der Waals surface area (Å²) in [6.45, 7) is 1.76. The molecule has 0 saturated carbocycles. The monoisotopic (exact) mass is 297 g/mol. The Labute approximate surface area is 127 Å². The topological polar surface area (TPSA) is 50.7 Å². The molecule has 0 radical (unpaired) electrons. The first-order valence-electron chi connectivity index (χ1n) is 7.10. The van der Waals surface area contributed by atoms with Crippen molar-refractivity contribution in [3.63, 3.8) is 0 Å². The molecule has 0 bridgehead atoms. The summed E-state index contributed by atoms with van der Waals surface area (Å²) in [4.78, 5) is 15.4. The lowest BCUT2D eigenvalue weighted by Gasteiger charge is -2.06. The summed E-state index contributed by atoms with van der Waals surface area (Å²) in [7, 11) is 0. The molecule has 2 aromatic heterocycles. The van der Waals surface area contributed by atoms with E-state index in [2.05, 4.69) is 10.1 Å². The van der Waals surface area contributed by atoms with Gasteiger partial charge < -0.3 is 0 Å². The molecule has 5 heteroatoms. The van der Waals surface area contributed by atoms with E-state index in [9.17, 15) is 9.18 Å². The zero-order valence-corrected chi connectivity index (χ0v) is 12.2. The van der Waals surface area contributed by atoms with Gasteiger partial charge in [-0.3, -0.25) is 9.89 Å². The van der Waals surface area contributed by atoms with Gasteiger partial charge >= 0.3 is 0 Å². The third kappa shape index (κ3) is 3.14. The highest BCUT2D eigenvalue weighted by atomic mass is 19.1. The van der Waals surface area contributed by atoms with Crippen LogP contribution in [0.3, 0.4) is 0 Å². The number of halogens is 1. The van der Waals surface area contributed by atoms with Crippen LogP contribution in [0.1, 0.15) is 16.7 Å². The van der Waals surface area contributed by atoms with Crippen LogP contribution < -0.4 is 5.56 Å². The highest BCUT2D eigenvalue weighted by Gasteiger charge is 2.03. The second-order valence-corrected chi connectivity index (χ2v) is 5.27. The third-order valence-electron chi connectivity index (χ3n) is 3.60. The summed E-state index contributed by atoms with van der Waals surface area (Å²) in [6, 6.07) is 10.6. The van der Waals surface area contributed by atoms with Gasteiger partial charge in [0.05, 0.1) is 0 Å². The highest BCUT2D eigenvalue weighted by Crippen LogP contribution is 2.13. The van der Waals surface area contributed by atoms with Crippen molar-refractivity contribution in [2.45, 2.75) is 19.8 Å². The van der Waals surface area contributed by atoms with Gasteiger partial charge in [-0.15, -0.1) is 0 Å². The molecule has 0 spiro atoms. The van der Waals surface area contributed by atoms with Gasteiger partial charge in [0, 0.05) is 18.5 Å². The second kappa shape index (κ2) is 5.97. The van der Waals surface area contributed by atoms with E-state index < -0.39 is 0 Å². The Morgan fingerprint density at radius 3 is 2.59 bits per heavy atom. The molecule has 22 heavy (non-hydrogen) atoms. The molecule has 0 aliphatic carbocycles. The second-order valence-electron chi connectivity index (χ2n) is 5.27. The average Bonchev–Trinajstić information content (AvgIpc) is 2.95. The van der Waals surface area contributed by atoms with E-state index in [0.29, 0.717) is 11.4 Å². The van der Waals surface area contributed by atoms with Gasteiger partial charge in [-0.05, 0) is 54.7 Å². The molecule has 0 saturated heterocycles. The van der Waals surface area contributed by atoms with Crippen LogP contribution >= 0.6 is 0 Å². The van der Waals surface area contributed by atoms with Gasteiger partial charge in [-0.2, -0.15) is 0 Å². The maximum atomic E-state index is 13.5. The van der Waals surface area contributed by atoms with E-state index in [1.807, 2.05) is 18.2 Å². The predicted molar refractivity (Wildman–Crippen MR) is 82.7 cm³/mol. The fourth-order valence-corrected chi connectivity index (χ4v) is 2.30. The first kappa shape index (κ1) is 14.3. The lowest BCUT2D eigenvalue weighted by atomic mass is 10.0.